The van der Waals surface area contributed by atoms with E-state index in [0.29, 0.717) is 83.1 Å². The Morgan fingerprint density at radius 2 is 1.14 bits per heavy atom. The zero-order chi connectivity index (χ0) is 60.7. The molecule has 7 fully saturated rings. The molecule has 0 radical (unpaired) electrons. The Labute approximate surface area is 524 Å². The summed E-state index contributed by atoms with van der Waals surface area (Å²) in [6, 6.07) is 19.2. The number of carbonyl (C=O) groups is 2. The van der Waals surface area contributed by atoms with E-state index in [1.807, 2.05) is 75.9 Å². The number of halogens is 4. The van der Waals surface area contributed by atoms with Gasteiger partial charge in [0.05, 0.1) is 64.1 Å². The predicted octanol–water partition coefficient (Wildman–Crippen LogP) is 8.24. The second kappa shape index (κ2) is 28.7. The SMILES string of the molecule is CC[C@@H]1CCN(C(=O)Nc2ccc(C)c(-c3cc(NCC4(O)COC4)nc(N4CCOCC4)c3)c2)C1.Cc1ccc(NC(=O)N2CC[C@@H](CC(F)(F)F)C2)cc1B1OC(C)(C)C(C)(C)O1.OC1(CNc2cc(I)cc(N3CCOCC3)n2)COC1.S. The molecule has 0 spiro atoms. The summed E-state index contributed by atoms with van der Waals surface area (Å²) in [5.74, 6) is 3.37. The van der Waals surface area contributed by atoms with E-state index in [1.54, 1.807) is 12.1 Å². The van der Waals surface area contributed by atoms with Gasteiger partial charge in [-0.1, -0.05) is 31.0 Å². The van der Waals surface area contributed by atoms with Crippen LogP contribution in [0.4, 0.5) is 57.4 Å². The van der Waals surface area contributed by atoms with Crippen LogP contribution < -0.4 is 36.5 Å². The first-order valence-corrected chi connectivity index (χ1v) is 30.6. The lowest BCUT2D eigenvalue weighted by atomic mass is 9.76. The Kier molecular flexibility index (Phi) is 22.4. The van der Waals surface area contributed by atoms with Crippen LogP contribution in [-0.2, 0) is 28.3 Å². The molecular weight excluding hydrogens is 1250 g/mol. The summed E-state index contributed by atoms with van der Waals surface area (Å²) in [5, 5.41) is 32.9. The first-order chi connectivity index (χ1) is 40.3. The summed E-state index contributed by atoms with van der Waals surface area (Å²) in [7, 11) is -0.556. The van der Waals surface area contributed by atoms with Gasteiger partial charge in [-0.05, 0) is 159 Å². The maximum Gasteiger partial charge on any atom is 0.495 e. The monoisotopic (exact) mass is 1330 g/mol. The summed E-state index contributed by atoms with van der Waals surface area (Å²) in [4.78, 5) is 42.6. The van der Waals surface area contributed by atoms with Crippen molar-refractivity contribution >= 4 is 95.4 Å². The van der Waals surface area contributed by atoms with E-state index < -0.39 is 54.1 Å². The van der Waals surface area contributed by atoms with E-state index in [2.05, 4.69) is 84.6 Å². The Balaban J connectivity index is 0.000000173. The number of amides is 4. The maximum atomic E-state index is 12.9. The molecule has 2 aromatic heterocycles. The molecule has 7 saturated heterocycles. The number of carbonyl (C=O) groups excluding carboxylic acids is 2. The molecule has 9 heterocycles. The second-order valence-electron chi connectivity index (χ2n) is 24.4. The van der Waals surface area contributed by atoms with Crippen LogP contribution in [0.1, 0.15) is 71.4 Å². The summed E-state index contributed by atoms with van der Waals surface area (Å²) in [6.45, 7) is 24.5. The molecule has 0 aliphatic carbocycles. The third-order valence-corrected chi connectivity index (χ3v) is 17.6. The molecule has 4 amide bonds. The molecule has 0 bridgehead atoms. The number of likely N-dealkylation sites (tertiary alicyclic amines) is 2. The number of alkyl halides is 3. The van der Waals surface area contributed by atoms with Gasteiger partial charge >= 0.3 is 25.4 Å². The first kappa shape index (κ1) is 67.0. The quantitative estimate of drug-likeness (QED) is 0.0518. The first-order valence-electron chi connectivity index (χ1n) is 29.5. The highest BCUT2D eigenvalue weighted by molar-refractivity contribution is 14.1. The van der Waals surface area contributed by atoms with Crippen LogP contribution in [0.15, 0.2) is 60.7 Å². The van der Waals surface area contributed by atoms with Crippen molar-refractivity contribution < 1.29 is 61.2 Å². The molecule has 6 N–H and O–H groups in total. The fourth-order valence-corrected chi connectivity index (χ4v) is 11.4. The minimum absolute atomic E-state index is 0. The number of urea groups is 2. The highest BCUT2D eigenvalue weighted by Crippen LogP contribution is 2.38. The zero-order valence-electron chi connectivity index (χ0n) is 50.4. The number of anilines is 6. The van der Waals surface area contributed by atoms with E-state index in [-0.39, 0.29) is 26.1 Å². The van der Waals surface area contributed by atoms with Crippen molar-refractivity contribution in [3.63, 3.8) is 0 Å². The van der Waals surface area contributed by atoms with Gasteiger partial charge in [-0.15, -0.1) is 0 Å². The minimum Gasteiger partial charge on any atom is -0.399 e. The number of benzene rings is 2. The van der Waals surface area contributed by atoms with Gasteiger partial charge < -0.3 is 79.3 Å². The molecule has 7 aliphatic rings. The van der Waals surface area contributed by atoms with Crippen LogP contribution in [0.3, 0.4) is 0 Å². The van der Waals surface area contributed by atoms with E-state index >= 15 is 0 Å². The predicted molar refractivity (Wildman–Crippen MR) is 342 cm³/mol. The summed E-state index contributed by atoms with van der Waals surface area (Å²) in [5.41, 5.74) is 3.70. The summed E-state index contributed by atoms with van der Waals surface area (Å²) >= 11 is 2.29. The number of nitrogens with zero attached hydrogens (tertiary/aromatic N) is 6. The summed E-state index contributed by atoms with van der Waals surface area (Å²) < 4.78 is 72.2. The number of aromatic nitrogens is 2. The van der Waals surface area contributed by atoms with Crippen molar-refractivity contribution in [1.82, 2.24) is 19.8 Å². The third kappa shape index (κ3) is 17.7. The van der Waals surface area contributed by atoms with Gasteiger partial charge in [-0.3, -0.25) is 0 Å². The van der Waals surface area contributed by atoms with Crippen molar-refractivity contribution in [2.75, 3.05) is 149 Å². The lowest BCUT2D eigenvalue weighted by Gasteiger charge is -2.36. The van der Waals surface area contributed by atoms with Crippen LogP contribution in [0.2, 0.25) is 0 Å². The largest absolute Gasteiger partial charge is 0.495 e. The number of nitrogens with one attached hydrogen (secondary N) is 4. The van der Waals surface area contributed by atoms with E-state index in [0.717, 1.165) is 120 Å². The van der Waals surface area contributed by atoms with Gasteiger partial charge in [0, 0.05) is 86.8 Å². The van der Waals surface area contributed by atoms with Gasteiger partial charge in [0.1, 0.15) is 34.5 Å². The molecule has 472 valence electrons. The molecule has 0 saturated carbocycles. The van der Waals surface area contributed by atoms with Crippen molar-refractivity contribution in [1.29, 1.82) is 0 Å². The number of pyridine rings is 2. The highest BCUT2D eigenvalue weighted by Gasteiger charge is 2.52. The fraction of sp³-hybridized carbons (Fsp3) is 0.600. The molecule has 86 heavy (non-hydrogen) atoms. The maximum absolute atomic E-state index is 12.9. The Morgan fingerprint density at radius 3 is 1.63 bits per heavy atom. The van der Waals surface area contributed by atoms with E-state index in [9.17, 15) is 33.0 Å². The van der Waals surface area contributed by atoms with Gasteiger partial charge in [0.2, 0.25) is 0 Å². The Bertz CT molecular complexity index is 2940. The van der Waals surface area contributed by atoms with Gasteiger partial charge in [0.25, 0.3) is 0 Å². The van der Waals surface area contributed by atoms with Crippen LogP contribution in [-0.4, -0.2) is 196 Å². The van der Waals surface area contributed by atoms with Crippen molar-refractivity contribution in [3.8, 4) is 11.1 Å². The molecule has 2 atom stereocenters. The normalized spacial score (nSPS) is 21.8. The number of hydrogen-bond donors (Lipinski definition) is 6. The average Bonchev–Trinajstić information content (AvgIpc) is 1.98. The lowest BCUT2D eigenvalue weighted by molar-refractivity contribution is -0.168. The van der Waals surface area contributed by atoms with Crippen LogP contribution >= 0.6 is 36.1 Å². The molecule has 26 heteroatoms. The van der Waals surface area contributed by atoms with Crippen molar-refractivity contribution in [3.05, 3.63) is 75.4 Å². The topological polar surface area (TPSA) is 217 Å². The lowest BCUT2D eigenvalue weighted by Crippen LogP contribution is -2.54. The van der Waals surface area contributed by atoms with Gasteiger partial charge in [0.15, 0.2) is 0 Å². The molecule has 0 unspecified atom stereocenters. The second-order valence-corrected chi connectivity index (χ2v) is 25.7. The number of rotatable bonds is 14. The highest BCUT2D eigenvalue weighted by atomic mass is 127. The van der Waals surface area contributed by atoms with Crippen molar-refractivity contribution in [2.24, 2.45) is 11.8 Å². The standard InChI is InChI=1S/C27H37N5O4.C20H28BF3N2O3.C13H18IN3O3.H2S/c1-3-20-6-7-32(15-20)26(33)29-22-5-4-19(2)23(14-22)21-12-24(28-16-27(34)17-36-18-27)30-25(13-21)31-8-10-35-11-9-31;1-13-6-7-15(10-16(13)21-28-18(2,3)19(4,5)29-21)25-17(27)26-9-8-14(12-26)11-20(22,23)24;14-10-5-11(15-7-13(18)8-20-9-13)16-12(6-10)17-1-3-19-4-2-17;/h4-5,12-14,20,34H,3,6-11,15-18H2,1-2H3,(H,28,30)(H,29,33);6-7,10,14H,8-9,11-12H2,1-5H3,(H,25,27);5-6,18H,1-4,7-9H2,(H,15,16);1H2/t20-;14-;;/m10../s1. The van der Waals surface area contributed by atoms with E-state index in [4.69, 9.17) is 33.2 Å². The average molecular weight is 1330 g/mol. The van der Waals surface area contributed by atoms with E-state index in [1.165, 1.54) is 4.90 Å². The number of hydrogen-bond acceptors (Lipinski definition) is 16. The van der Waals surface area contributed by atoms with Crippen LogP contribution in [0.25, 0.3) is 11.1 Å². The van der Waals surface area contributed by atoms with Gasteiger partial charge in [-0.2, -0.15) is 26.7 Å². The minimum atomic E-state index is -4.20. The zero-order valence-corrected chi connectivity index (χ0v) is 53.6. The molecule has 4 aromatic rings. The molecular formula is C60H85BF3IN10O10S. The smallest absolute Gasteiger partial charge is 0.399 e. The van der Waals surface area contributed by atoms with Gasteiger partial charge in [-0.25, -0.2) is 19.6 Å². The fourth-order valence-electron chi connectivity index (χ4n) is 10.9. The molecule has 20 nitrogen and oxygen atoms in total. The third-order valence-electron chi connectivity index (χ3n) is 17.0. The number of ether oxygens (including phenoxy) is 4. The number of morpholine rings is 2. The van der Waals surface area contributed by atoms with Crippen LogP contribution in [0, 0.1) is 29.3 Å². The van der Waals surface area contributed by atoms with Crippen LogP contribution in [0.5, 0.6) is 0 Å². The Hall–Kier alpha value is -4.91. The number of aliphatic hydroxyl groups is 2. The van der Waals surface area contributed by atoms with Crippen molar-refractivity contribution in [2.45, 2.75) is 103 Å². The molecule has 7 aliphatic heterocycles. The molecule has 11 rings (SSSR count). The summed E-state index contributed by atoms with van der Waals surface area (Å²) in [6.07, 6.45) is -2.52. The number of aryl methyl sites for hydroxylation is 2. The Morgan fingerprint density at radius 1 is 0.663 bits per heavy atom. The molecule has 2 aromatic carbocycles.